The number of carbonyl (C=O) groups excluding carboxylic acids is 2. The van der Waals surface area contributed by atoms with Crippen LogP contribution < -0.4 is 4.74 Å². The van der Waals surface area contributed by atoms with Crippen LogP contribution in [0.1, 0.15) is 71.4 Å². The summed E-state index contributed by atoms with van der Waals surface area (Å²) in [6, 6.07) is 3.60. The molecule has 5 nitrogen and oxygen atoms in total. The molecular weight excluding hydrogens is 416 g/mol. The molecule has 0 radical (unpaired) electrons. The number of aliphatic hydroxyl groups is 1. The van der Waals surface area contributed by atoms with Gasteiger partial charge in [-0.25, -0.2) is 0 Å². The van der Waals surface area contributed by atoms with Gasteiger partial charge in [-0.1, -0.05) is 29.7 Å². The summed E-state index contributed by atoms with van der Waals surface area (Å²) in [4.78, 5) is 24.4. The fraction of sp³-hybridized carbons (Fsp3) is 0.500. The third-order valence-electron chi connectivity index (χ3n) is 5.61. The number of phenolic OH excluding ortho intramolecular Hbond substituents is 1. The van der Waals surface area contributed by atoms with Gasteiger partial charge in [-0.3, -0.25) is 9.59 Å². The van der Waals surface area contributed by atoms with Crippen LogP contribution in [0, 0.1) is 12.8 Å². The lowest BCUT2D eigenvalue weighted by Crippen LogP contribution is -2.26. The van der Waals surface area contributed by atoms with Crippen molar-refractivity contribution in [3.8, 4) is 11.5 Å². The summed E-state index contributed by atoms with van der Waals surface area (Å²) in [5.41, 5.74) is 4.34. The van der Waals surface area contributed by atoms with Gasteiger partial charge in [0.2, 0.25) is 0 Å². The topological polar surface area (TPSA) is 83.8 Å². The van der Waals surface area contributed by atoms with Crippen LogP contribution in [0.15, 0.2) is 47.1 Å². The second-order valence-electron chi connectivity index (χ2n) is 9.28. The number of benzene rings is 1. The van der Waals surface area contributed by atoms with Crippen LogP contribution in [0.25, 0.3) is 0 Å². The van der Waals surface area contributed by atoms with Crippen molar-refractivity contribution in [3.05, 3.63) is 58.2 Å². The standard InChI is InChI=1S/C28H40O5/c1-18(2)13-26(30)28(32)21(5)10-8-9-19(3)14-24(29)15-20(4)11-12-23-17-25(33-7)16-22(6)27(23)31/h11,13-14,16-17,21,28,31-32H,8-10,12,15H2,1-7H3/b19-14-,20-11+/t21-,28-/m1/s1. The Kier molecular flexibility index (Phi) is 11.9. The summed E-state index contributed by atoms with van der Waals surface area (Å²) in [6.07, 6.45) is 7.26. The van der Waals surface area contributed by atoms with Gasteiger partial charge in [-0.2, -0.15) is 0 Å². The van der Waals surface area contributed by atoms with E-state index in [1.165, 1.54) is 6.08 Å². The second kappa shape index (κ2) is 13.8. The third kappa shape index (κ3) is 10.2. The molecular formula is C28H40O5. The molecule has 0 spiro atoms. The fourth-order valence-electron chi connectivity index (χ4n) is 3.63. The summed E-state index contributed by atoms with van der Waals surface area (Å²) >= 11 is 0. The molecule has 0 bridgehead atoms. The molecule has 0 unspecified atom stereocenters. The van der Waals surface area contributed by atoms with Crippen molar-refractivity contribution >= 4 is 11.6 Å². The zero-order valence-corrected chi connectivity index (χ0v) is 21.2. The molecule has 0 aliphatic rings. The van der Waals surface area contributed by atoms with E-state index in [4.69, 9.17) is 4.74 Å². The Morgan fingerprint density at radius 1 is 1.09 bits per heavy atom. The first-order valence-electron chi connectivity index (χ1n) is 11.5. The Bertz CT molecular complexity index is 916. The van der Waals surface area contributed by atoms with Gasteiger partial charge < -0.3 is 14.9 Å². The molecule has 1 aromatic rings. The van der Waals surface area contributed by atoms with E-state index in [2.05, 4.69) is 0 Å². The van der Waals surface area contributed by atoms with Gasteiger partial charge in [-0.15, -0.1) is 0 Å². The molecule has 0 heterocycles. The van der Waals surface area contributed by atoms with Gasteiger partial charge in [0.15, 0.2) is 11.6 Å². The lowest BCUT2D eigenvalue weighted by Gasteiger charge is -2.16. The third-order valence-corrected chi connectivity index (χ3v) is 5.61. The summed E-state index contributed by atoms with van der Waals surface area (Å²) < 4.78 is 5.27. The Balaban J connectivity index is 2.56. The maximum absolute atomic E-state index is 12.4. The van der Waals surface area contributed by atoms with Gasteiger partial charge in [0.25, 0.3) is 0 Å². The minimum Gasteiger partial charge on any atom is -0.507 e. The molecule has 0 aliphatic heterocycles. The minimum absolute atomic E-state index is 0.0408. The van der Waals surface area contributed by atoms with Crippen molar-refractivity contribution in [2.24, 2.45) is 5.92 Å². The van der Waals surface area contributed by atoms with Crippen molar-refractivity contribution in [1.29, 1.82) is 0 Å². The maximum Gasteiger partial charge on any atom is 0.184 e. The Labute approximate surface area is 198 Å². The van der Waals surface area contributed by atoms with Crippen molar-refractivity contribution in [2.45, 2.75) is 79.8 Å². The smallest absolute Gasteiger partial charge is 0.184 e. The van der Waals surface area contributed by atoms with Crippen LogP contribution in [0.2, 0.25) is 0 Å². The van der Waals surface area contributed by atoms with Crippen LogP contribution in [-0.2, 0) is 16.0 Å². The lowest BCUT2D eigenvalue weighted by molar-refractivity contribution is -0.124. The number of rotatable bonds is 13. The SMILES string of the molecule is COc1cc(C)c(O)c(C/C=C(\C)CC(=O)/C=C(/C)CCC[C@@H](C)[C@@H](O)C(=O)C=C(C)C)c1. The van der Waals surface area contributed by atoms with E-state index in [-0.39, 0.29) is 23.2 Å². The van der Waals surface area contributed by atoms with E-state index < -0.39 is 6.10 Å². The second-order valence-corrected chi connectivity index (χ2v) is 9.28. The summed E-state index contributed by atoms with van der Waals surface area (Å²) in [6.45, 7) is 11.2. The number of phenols is 1. The van der Waals surface area contributed by atoms with Gasteiger partial charge in [0.1, 0.15) is 17.6 Å². The molecule has 5 heteroatoms. The highest BCUT2D eigenvalue weighted by molar-refractivity contribution is 5.94. The first-order valence-corrected chi connectivity index (χ1v) is 11.5. The number of aromatic hydroxyl groups is 1. The number of carbonyl (C=O) groups is 2. The van der Waals surface area contributed by atoms with Gasteiger partial charge in [0.05, 0.1) is 7.11 Å². The molecule has 0 fully saturated rings. The van der Waals surface area contributed by atoms with Gasteiger partial charge in [0, 0.05) is 12.0 Å². The highest BCUT2D eigenvalue weighted by atomic mass is 16.5. The number of hydrogen-bond acceptors (Lipinski definition) is 5. The van der Waals surface area contributed by atoms with Gasteiger partial charge >= 0.3 is 0 Å². The zero-order valence-electron chi connectivity index (χ0n) is 21.2. The Morgan fingerprint density at radius 2 is 1.76 bits per heavy atom. The highest BCUT2D eigenvalue weighted by Crippen LogP contribution is 2.28. The summed E-state index contributed by atoms with van der Waals surface area (Å²) in [7, 11) is 1.59. The Hall–Kier alpha value is -2.66. The monoisotopic (exact) mass is 456 g/mol. The van der Waals surface area contributed by atoms with Crippen molar-refractivity contribution in [1.82, 2.24) is 0 Å². The van der Waals surface area contributed by atoms with E-state index in [1.54, 1.807) is 19.3 Å². The molecule has 33 heavy (non-hydrogen) atoms. The van der Waals surface area contributed by atoms with Gasteiger partial charge in [-0.05, 0) is 96.1 Å². The number of aliphatic hydroxyl groups excluding tert-OH is 1. The van der Waals surface area contributed by atoms with E-state index in [9.17, 15) is 19.8 Å². The number of ketones is 2. The predicted octanol–water partition coefficient (Wildman–Crippen LogP) is 5.81. The average molecular weight is 457 g/mol. The normalized spacial score (nSPS) is 13.9. The average Bonchev–Trinajstić information content (AvgIpc) is 2.73. The molecule has 2 N–H and O–H groups in total. The van der Waals surface area contributed by atoms with Crippen molar-refractivity contribution < 1.29 is 24.5 Å². The van der Waals surface area contributed by atoms with Crippen LogP contribution in [-0.4, -0.2) is 35.0 Å². The van der Waals surface area contributed by atoms with Crippen LogP contribution in [0.4, 0.5) is 0 Å². The number of methoxy groups -OCH3 is 1. The van der Waals surface area contributed by atoms with Crippen molar-refractivity contribution in [3.63, 3.8) is 0 Å². The first kappa shape index (κ1) is 28.4. The number of allylic oxidation sites excluding steroid dienone is 5. The number of aryl methyl sites for hydroxylation is 1. The molecule has 0 saturated heterocycles. The molecule has 0 saturated carbocycles. The number of hydrogen-bond donors (Lipinski definition) is 2. The molecule has 1 rings (SSSR count). The van der Waals surface area contributed by atoms with E-state index in [1.807, 2.05) is 53.7 Å². The quantitative estimate of drug-likeness (QED) is 0.289. The maximum atomic E-state index is 12.4. The molecule has 0 aliphatic carbocycles. The zero-order chi connectivity index (χ0) is 25.1. The molecule has 1 aromatic carbocycles. The molecule has 2 atom stereocenters. The lowest BCUT2D eigenvalue weighted by atomic mass is 9.93. The minimum atomic E-state index is -0.980. The largest absolute Gasteiger partial charge is 0.507 e. The fourth-order valence-corrected chi connectivity index (χ4v) is 3.63. The summed E-state index contributed by atoms with van der Waals surface area (Å²) in [5, 5.41) is 20.4. The van der Waals surface area contributed by atoms with E-state index >= 15 is 0 Å². The predicted molar refractivity (Wildman–Crippen MR) is 134 cm³/mol. The van der Waals surface area contributed by atoms with Crippen LogP contribution in [0.5, 0.6) is 11.5 Å². The Morgan fingerprint density at radius 3 is 2.36 bits per heavy atom. The summed E-state index contributed by atoms with van der Waals surface area (Å²) in [5.74, 6) is 0.620. The van der Waals surface area contributed by atoms with Crippen molar-refractivity contribution in [2.75, 3.05) is 7.11 Å². The van der Waals surface area contributed by atoms with E-state index in [0.29, 0.717) is 25.0 Å². The molecule has 0 amide bonds. The first-order chi connectivity index (χ1) is 15.4. The van der Waals surface area contributed by atoms with Crippen LogP contribution >= 0.6 is 0 Å². The molecule has 182 valence electrons. The van der Waals surface area contributed by atoms with E-state index in [0.717, 1.165) is 40.7 Å². The van der Waals surface area contributed by atoms with Crippen LogP contribution in [0.3, 0.4) is 0 Å². The highest BCUT2D eigenvalue weighted by Gasteiger charge is 2.20. The number of ether oxygens (including phenoxy) is 1. The molecule has 0 aromatic heterocycles.